The lowest BCUT2D eigenvalue weighted by Crippen LogP contribution is -2.52. The van der Waals surface area contributed by atoms with Crippen LogP contribution in [0.3, 0.4) is 0 Å². The number of benzene rings is 3. The molecule has 3 rings (SSSR count). The number of nitrogens with two attached hydrogens (primary N) is 1. The van der Waals surface area contributed by atoms with Crippen LogP contribution in [0.1, 0.15) is 35.4 Å². The summed E-state index contributed by atoms with van der Waals surface area (Å²) in [4.78, 5) is 40.7. The molecule has 3 aromatic rings. The summed E-state index contributed by atoms with van der Waals surface area (Å²) in [6.07, 6.45) is 0.610. The molecule has 0 aromatic heterocycles. The summed E-state index contributed by atoms with van der Waals surface area (Å²) in [7, 11) is 1.43. The lowest BCUT2D eigenvalue weighted by Gasteiger charge is -2.29. The molecule has 0 aliphatic carbocycles. The number of carboxylic acids is 1. The summed E-state index contributed by atoms with van der Waals surface area (Å²) in [6.45, 7) is -0.376. The van der Waals surface area contributed by atoms with Gasteiger partial charge in [-0.3, -0.25) is 24.7 Å². The largest absolute Gasteiger partial charge is 0.504 e. The summed E-state index contributed by atoms with van der Waals surface area (Å²) in [5.74, 6) is -3.59. The fraction of sp³-hybridized carbons (Fsp3) is 0.267. The van der Waals surface area contributed by atoms with Gasteiger partial charge in [0.1, 0.15) is 6.54 Å². The molecular weight excluding hydrogens is 526 g/mol. The maximum atomic E-state index is 14.0. The standard InChI is InChI=1S/C30H35N5O6/c1-41-25-15-14-20(17-24(25)36)18-34-23(13-8-16-33-30(31)32)28(39)35(19-26(37)38)29(40)27(21-9-4-2-5-10-21)22-11-6-3-7-12-22/h2-7,9-12,14-15,17,23,27,34,36H,8,13,16,18-19H2,1H3,(H,37,38)(H4,31,32,33)/t23-/m0/s1. The van der Waals surface area contributed by atoms with Gasteiger partial charge >= 0.3 is 5.97 Å². The van der Waals surface area contributed by atoms with Gasteiger partial charge < -0.3 is 31.3 Å². The summed E-state index contributed by atoms with van der Waals surface area (Å²) in [6, 6.07) is 21.6. The van der Waals surface area contributed by atoms with Crippen LogP contribution in [-0.4, -0.2) is 65.1 Å². The van der Waals surface area contributed by atoms with Crippen molar-refractivity contribution in [3.63, 3.8) is 0 Å². The molecule has 0 heterocycles. The van der Waals surface area contributed by atoms with Crippen LogP contribution in [-0.2, 0) is 20.9 Å². The van der Waals surface area contributed by atoms with Gasteiger partial charge in [0, 0.05) is 13.1 Å². The zero-order chi connectivity index (χ0) is 29.8. The van der Waals surface area contributed by atoms with Crippen LogP contribution in [0.5, 0.6) is 11.5 Å². The average molecular weight is 562 g/mol. The Morgan fingerprint density at radius 3 is 2.10 bits per heavy atom. The second kappa shape index (κ2) is 15.0. The van der Waals surface area contributed by atoms with E-state index in [-0.39, 0.29) is 24.7 Å². The van der Waals surface area contributed by atoms with Gasteiger partial charge in [-0.15, -0.1) is 0 Å². The van der Waals surface area contributed by atoms with Crippen LogP contribution < -0.4 is 21.1 Å². The molecule has 0 saturated carbocycles. The number of hydrogen-bond acceptors (Lipinski definition) is 7. The highest BCUT2D eigenvalue weighted by molar-refractivity contribution is 6.04. The molecule has 0 fully saturated rings. The number of amides is 2. The molecule has 0 radical (unpaired) electrons. The molecule has 0 aliphatic heterocycles. The highest BCUT2D eigenvalue weighted by atomic mass is 16.5. The third-order valence-electron chi connectivity index (χ3n) is 6.42. The van der Waals surface area contributed by atoms with E-state index in [1.807, 2.05) is 12.1 Å². The van der Waals surface area contributed by atoms with Gasteiger partial charge in [-0.2, -0.15) is 0 Å². The van der Waals surface area contributed by atoms with E-state index < -0.39 is 36.3 Å². The van der Waals surface area contributed by atoms with E-state index in [1.54, 1.807) is 60.7 Å². The number of carbonyl (C=O) groups excluding carboxylic acids is 2. The third-order valence-corrected chi connectivity index (χ3v) is 6.42. The Hall–Kier alpha value is -4.90. The Balaban J connectivity index is 1.92. The van der Waals surface area contributed by atoms with Crippen molar-refractivity contribution in [1.29, 1.82) is 5.41 Å². The first-order chi connectivity index (χ1) is 19.7. The van der Waals surface area contributed by atoms with Crippen molar-refractivity contribution in [1.82, 2.24) is 15.5 Å². The number of aromatic hydroxyl groups is 1. The van der Waals surface area contributed by atoms with Crippen molar-refractivity contribution in [3.8, 4) is 11.5 Å². The van der Waals surface area contributed by atoms with E-state index in [1.165, 1.54) is 13.2 Å². The molecular formula is C30H35N5O6. The number of rotatable bonds is 14. The minimum Gasteiger partial charge on any atom is -0.504 e. The molecule has 1 atom stereocenters. The molecule has 0 saturated heterocycles. The number of ether oxygens (including phenoxy) is 1. The zero-order valence-electron chi connectivity index (χ0n) is 22.7. The van der Waals surface area contributed by atoms with Gasteiger partial charge in [0.15, 0.2) is 17.5 Å². The zero-order valence-corrected chi connectivity index (χ0v) is 22.7. The molecule has 11 nitrogen and oxygen atoms in total. The Kier molecular flexibility index (Phi) is 11.2. The van der Waals surface area contributed by atoms with Crippen LogP contribution >= 0.6 is 0 Å². The van der Waals surface area contributed by atoms with Crippen LogP contribution in [0.25, 0.3) is 0 Å². The Morgan fingerprint density at radius 2 is 1.59 bits per heavy atom. The quantitative estimate of drug-likeness (QED) is 0.0979. The van der Waals surface area contributed by atoms with Gasteiger partial charge in [0.05, 0.1) is 19.1 Å². The van der Waals surface area contributed by atoms with Crippen molar-refractivity contribution < 1.29 is 29.3 Å². The van der Waals surface area contributed by atoms with E-state index >= 15 is 0 Å². The monoisotopic (exact) mass is 561 g/mol. The van der Waals surface area contributed by atoms with Crippen molar-refractivity contribution in [2.24, 2.45) is 5.73 Å². The molecule has 0 spiro atoms. The Bertz CT molecular complexity index is 1300. The predicted octanol–water partition coefficient (Wildman–Crippen LogP) is 2.39. The van der Waals surface area contributed by atoms with Crippen LogP contribution in [0, 0.1) is 5.41 Å². The van der Waals surface area contributed by atoms with E-state index in [2.05, 4.69) is 10.6 Å². The number of aliphatic carboxylic acids is 1. The van der Waals surface area contributed by atoms with E-state index in [0.717, 1.165) is 4.90 Å². The molecule has 2 amide bonds. The van der Waals surface area contributed by atoms with E-state index in [0.29, 0.717) is 35.4 Å². The molecule has 0 unspecified atom stereocenters. The maximum absolute atomic E-state index is 14.0. The van der Waals surface area contributed by atoms with Gasteiger partial charge in [-0.1, -0.05) is 66.7 Å². The number of guanidine groups is 1. The highest BCUT2D eigenvalue weighted by Crippen LogP contribution is 2.28. The number of carbonyl (C=O) groups is 3. The number of phenolic OH excluding ortho intramolecular Hbond substituents is 1. The van der Waals surface area contributed by atoms with Gasteiger partial charge in [0.2, 0.25) is 11.8 Å². The minimum atomic E-state index is -1.33. The predicted molar refractivity (Wildman–Crippen MR) is 154 cm³/mol. The van der Waals surface area contributed by atoms with Crippen LogP contribution in [0.4, 0.5) is 0 Å². The topological polar surface area (TPSA) is 178 Å². The second-order valence-corrected chi connectivity index (χ2v) is 9.33. The van der Waals surface area contributed by atoms with Gasteiger partial charge in [-0.25, -0.2) is 0 Å². The number of methoxy groups -OCH3 is 1. The number of nitrogens with zero attached hydrogens (tertiary/aromatic N) is 1. The summed E-state index contributed by atoms with van der Waals surface area (Å²) < 4.78 is 5.08. The number of imide groups is 1. The normalized spacial score (nSPS) is 11.5. The molecule has 0 aliphatic rings. The maximum Gasteiger partial charge on any atom is 0.323 e. The van der Waals surface area contributed by atoms with E-state index in [4.69, 9.17) is 15.9 Å². The second-order valence-electron chi connectivity index (χ2n) is 9.33. The number of phenols is 1. The lowest BCUT2D eigenvalue weighted by molar-refractivity contribution is -0.154. The lowest BCUT2D eigenvalue weighted by atomic mass is 9.89. The fourth-order valence-corrected chi connectivity index (χ4v) is 4.44. The number of nitrogens with one attached hydrogen (secondary N) is 3. The van der Waals surface area contributed by atoms with Crippen LogP contribution in [0.15, 0.2) is 78.9 Å². The third kappa shape index (κ3) is 8.80. The van der Waals surface area contributed by atoms with Crippen molar-refractivity contribution >= 4 is 23.7 Å². The summed E-state index contributed by atoms with van der Waals surface area (Å²) >= 11 is 0. The van der Waals surface area contributed by atoms with Crippen molar-refractivity contribution in [3.05, 3.63) is 95.6 Å². The molecule has 11 heteroatoms. The summed E-state index contributed by atoms with van der Waals surface area (Å²) in [5, 5.41) is 33.0. The average Bonchev–Trinajstić information content (AvgIpc) is 2.96. The number of hydrogen-bond donors (Lipinski definition) is 6. The fourth-order valence-electron chi connectivity index (χ4n) is 4.44. The van der Waals surface area contributed by atoms with Crippen LogP contribution in [0.2, 0.25) is 0 Å². The molecule has 0 bridgehead atoms. The summed E-state index contributed by atoms with van der Waals surface area (Å²) in [5.41, 5.74) is 7.25. The van der Waals surface area contributed by atoms with Gasteiger partial charge in [-0.05, 0) is 41.7 Å². The highest BCUT2D eigenvalue weighted by Gasteiger charge is 2.35. The minimum absolute atomic E-state index is 0.0726. The molecule has 3 aromatic carbocycles. The smallest absolute Gasteiger partial charge is 0.323 e. The Labute approximate surface area is 238 Å². The Morgan fingerprint density at radius 1 is 0.976 bits per heavy atom. The van der Waals surface area contributed by atoms with E-state index in [9.17, 15) is 24.6 Å². The molecule has 41 heavy (non-hydrogen) atoms. The van der Waals surface area contributed by atoms with Crippen molar-refractivity contribution in [2.45, 2.75) is 31.3 Å². The first kappa shape index (κ1) is 30.6. The molecule has 216 valence electrons. The number of carboxylic acid groups (broad SMARTS) is 1. The van der Waals surface area contributed by atoms with Gasteiger partial charge in [0.25, 0.3) is 0 Å². The SMILES string of the molecule is COc1ccc(CN[C@@H](CCCNC(=N)N)C(=O)N(CC(=O)O)C(=O)C(c2ccccc2)c2ccccc2)cc1O. The first-order valence-corrected chi connectivity index (χ1v) is 13.0. The molecule has 7 N–H and O–H groups in total. The van der Waals surface area contributed by atoms with Crippen molar-refractivity contribution in [2.75, 3.05) is 20.2 Å². The first-order valence-electron chi connectivity index (χ1n) is 13.0.